The van der Waals surface area contributed by atoms with Crippen molar-refractivity contribution in [3.05, 3.63) is 33.8 Å². The Morgan fingerprint density at radius 1 is 1.15 bits per heavy atom. The van der Waals surface area contributed by atoms with E-state index >= 15 is 0 Å². The van der Waals surface area contributed by atoms with E-state index in [1.54, 1.807) is 11.1 Å². The largest absolute Gasteiger partial charge is 0.330 e. The fourth-order valence-electron chi connectivity index (χ4n) is 3.86. The van der Waals surface area contributed by atoms with Gasteiger partial charge in [-0.3, -0.25) is 0 Å². The van der Waals surface area contributed by atoms with E-state index in [9.17, 15) is 0 Å². The molecule has 1 aliphatic carbocycles. The summed E-state index contributed by atoms with van der Waals surface area (Å²) in [6.45, 7) is 3.42. The van der Waals surface area contributed by atoms with Gasteiger partial charge >= 0.3 is 0 Å². The monoisotopic (exact) mass is 336 g/mol. The number of benzene rings is 1. The Kier molecular flexibility index (Phi) is 4.79. The maximum Gasteiger partial charge on any atom is 0.0178 e. The molecule has 20 heavy (non-hydrogen) atoms. The molecule has 2 nitrogen and oxygen atoms in total. The van der Waals surface area contributed by atoms with Crippen LogP contribution in [0, 0.1) is 5.92 Å². The van der Waals surface area contributed by atoms with Crippen molar-refractivity contribution in [1.82, 2.24) is 4.90 Å². The summed E-state index contributed by atoms with van der Waals surface area (Å²) in [4.78, 5) is 2.73. The minimum absolute atomic E-state index is 0.766. The normalized spacial score (nSPS) is 24.6. The first-order chi connectivity index (χ1) is 9.76. The number of fused-ring (bicyclic) bond motifs is 1. The molecule has 1 aromatic carbocycles. The van der Waals surface area contributed by atoms with E-state index in [4.69, 9.17) is 5.73 Å². The molecule has 0 aromatic heterocycles. The minimum atomic E-state index is 0.766. The van der Waals surface area contributed by atoms with Gasteiger partial charge in [0.15, 0.2) is 0 Å². The Morgan fingerprint density at radius 3 is 2.70 bits per heavy atom. The van der Waals surface area contributed by atoms with Crippen LogP contribution in [0.2, 0.25) is 0 Å². The smallest absolute Gasteiger partial charge is 0.0178 e. The third-order valence-electron chi connectivity index (χ3n) is 5.11. The van der Waals surface area contributed by atoms with Crippen molar-refractivity contribution in [3.63, 3.8) is 0 Å². The summed E-state index contributed by atoms with van der Waals surface area (Å²) in [5, 5.41) is 0. The van der Waals surface area contributed by atoms with Gasteiger partial charge in [0.05, 0.1) is 0 Å². The molecule has 0 bridgehead atoms. The molecule has 1 unspecified atom stereocenters. The summed E-state index contributed by atoms with van der Waals surface area (Å²) < 4.78 is 1.22. The summed E-state index contributed by atoms with van der Waals surface area (Å²) in [6, 6.07) is 7.57. The Balaban J connectivity index is 1.59. The number of nitrogens with zero attached hydrogens (tertiary/aromatic N) is 1. The number of hydrogen-bond donors (Lipinski definition) is 1. The molecule has 0 spiro atoms. The van der Waals surface area contributed by atoms with Crippen LogP contribution in [0.15, 0.2) is 22.7 Å². The summed E-state index contributed by atoms with van der Waals surface area (Å²) in [6.07, 6.45) is 7.72. The molecule has 3 rings (SSSR count). The average molecular weight is 337 g/mol. The van der Waals surface area contributed by atoms with Crippen LogP contribution in [0.3, 0.4) is 0 Å². The maximum atomic E-state index is 5.68. The van der Waals surface area contributed by atoms with Crippen molar-refractivity contribution in [3.8, 4) is 0 Å². The number of likely N-dealkylation sites (tertiary alicyclic amines) is 1. The van der Waals surface area contributed by atoms with Gasteiger partial charge in [0, 0.05) is 10.5 Å². The van der Waals surface area contributed by atoms with Crippen molar-refractivity contribution in [2.45, 2.75) is 44.6 Å². The molecule has 1 aromatic rings. The average Bonchev–Trinajstić information content (AvgIpc) is 2.48. The Hall–Kier alpha value is -0.380. The van der Waals surface area contributed by atoms with E-state index in [2.05, 4.69) is 39.0 Å². The molecular formula is C17H25BrN2. The third kappa shape index (κ3) is 3.26. The van der Waals surface area contributed by atoms with E-state index in [0.29, 0.717) is 0 Å². The highest BCUT2D eigenvalue weighted by Crippen LogP contribution is 2.30. The molecule has 0 amide bonds. The number of rotatable bonds is 3. The van der Waals surface area contributed by atoms with Gasteiger partial charge in [0.25, 0.3) is 0 Å². The standard InChI is InChI=1S/C17H25BrN2/c18-16-3-1-15-12-17(4-2-14(15)11-16)20-9-6-13(5-8-19)7-10-20/h1,3,11,13,17H,2,4-10,12,19H2. The second kappa shape index (κ2) is 6.59. The molecule has 1 heterocycles. The highest BCUT2D eigenvalue weighted by molar-refractivity contribution is 9.10. The first kappa shape index (κ1) is 14.6. The van der Waals surface area contributed by atoms with Gasteiger partial charge in [-0.15, -0.1) is 0 Å². The first-order valence-electron chi connectivity index (χ1n) is 7.97. The molecular weight excluding hydrogens is 312 g/mol. The van der Waals surface area contributed by atoms with Crippen molar-refractivity contribution < 1.29 is 0 Å². The highest BCUT2D eigenvalue weighted by Gasteiger charge is 2.27. The zero-order valence-corrected chi connectivity index (χ0v) is 13.7. The SMILES string of the molecule is NCCC1CCN(C2CCc3cc(Br)ccc3C2)CC1. The first-order valence-corrected chi connectivity index (χ1v) is 8.77. The molecule has 0 saturated carbocycles. The second-order valence-corrected chi connectivity index (χ2v) is 7.28. The van der Waals surface area contributed by atoms with Gasteiger partial charge < -0.3 is 10.6 Å². The van der Waals surface area contributed by atoms with Crippen LogP contribution in [0.1, 0.15) is 36.8 Å². The van der Waals surface area contributed by atoms with Gasteiger partial charge in [-0.2, -0.15) is 0 Å². The van der Waals surface area contributed by atoms with Crippen molar-refractivity contribution in [1.29, 1.82) is 0 Å². The summed E-state index contributed by atoms with van der Waals surface area (Å²) in [5.74, 6) is 0.878. The van der Waals surface area contributed by atoms with E-state index in [1.165, 1.54) is 56.1 Å². The molecule has 1 aliphatic heterocycles. The number of halogens is 1. The number of aryl methyl sites for hydroxylation is 1. The maximum absolute atomic E-state index is 5.68. The van der Waals surface area contributed by atoms with Crippen LogP contribution in [0.4, 0.5) is 0 Å². The van der Waals surface area contributed by atoms with E-state index in [-0.39, 0.29) is 0 Å². The Morgan fingerprint density at radius 2 is 1.95 bits per heavy atom. The number of nitrogens with two attached hydrogens (primary N) is 1. The van der Waals surface area contributed by atoms with Crippen LogP contribution < -0.4 is 5.73 Å². The lowest BCUT2D eigenvalue weighted by Gasteiger charge is -2.39. The molecule has 1 saturated heterocycles. The number of hydrogen-bond acceptors (Lipinski definition) is 2. The summed E-state index contributed by atoms with van der Waals surface area (Å²) >= 11 is 3.58. The van der Waals surface area contributed by atoms with E-state index < -0.39 is 0 Å². The third-order valence-corrected chi connectivity index (χ3v) is 5.60. The Labute approximate surface area is 130 Å². The van der Waals surface area contributed by atoms with E-state index in [0.717, 1.165) is 18.5 Å². The lowest BCUT2D eigenvalue weighted by atomic mass is 9.85. The zero-order valence-electron chi connectivity index (χ0n) is 12.2. The van der Waals surface area contributed by atoms with Crippen LogP contribution in [0.5, 0.6) is 0 Å². The number of piperidine rings is 1. The molecule has 0 radical (unpaired) electrons. The quantitative estimate of drug-likeness (QED) is 0.916. The fourth-order valence-corrected chi connectivity index (χ4v) is 4.27. The van der Waals surface area contributed by atoms with Crippen molar-refractivity contribution in [2.75, 3.05) is 19.6 Å². The van der Waals surface area contributed by atoms with Crippen molar-refractivity contribution in [2.24, 2.45) is 11.7 Å². The van der Waals surface area contributed by atoms with Crippen LogP contribution in [0.25, 0.3) is 0 Å². The topological polar surface area (TPSA) is 29.3 Å². The minimum Gasteiger partial charge on any atom is -0.330 e. The zero-order chi connectivity index (χ0) is 13.9. The molecule has 3 heteroatoms. The fraction of sp³-hybridized carbons (Fsp3) is 0.647. The van der Waals surface area contributed by atoms with Crippen LogP contribution in [-0.4, -0.2) is 30.6 Å². The van der Waals surface area contributed by atoms with Gasteiger partial charge in [-0.1, -0.05) is 22.0 Å². The van der Waals surface area contributed by atoms with Gasteiger partial charge in [0.1, 0.15) is 0 Å². The predicted molar refractivity (Wildman–Crippen MR) is 87.9 cm³/mol. The molecule has 110 valence electrons. The van der Waals surface area contributed by atoms with Crippen LogP contribution >= 0.6 is 15.9 Å². The molecule has 1 atom stereocenters. The molecule has 2 N–H and O–H groups in total. The molecule has 2 aliphatic rings. The lowest BCUT2D eigenvalue weighted by molar-refractivity contribution is 0.120. The molecule has 1 fully saturated rings. The van der Waals surface area contributed by atoms with Gasteiger partial charge in [0.2, 0.25) is 0 Å². The van der Waals surface area contributed by atoms with Gasteiger partial charge in [-0.25, -0.2) is 0 Å². The van der Waals surface area contributed by atoms with Crippen molar-refractivity contribution >= 4 is 15.9 Å². The summed E-state index contributed by atoms with van der Waals surface area (Å²) in [7, 11) is 0. The van der Waals surface area contributed by atoms with E-state index in [1.807, 2.05) is 0 Å². The summed E-state index contributed by atoms with van der Waals surface area (Å²) in [5.41, 5.74) is 8.80. The predicted octanol–water partition coefficient (Wildman–Crippen LogP) is 3.37. The second-order valence-electron chi connectivity index (χ2n) is 6.37. The van der Waals surface area contributed by atoms with Crippen LogP contribution in [-0.2, 0) is 12.8 Å². The highest BCUT2D eigenvalue weighted by atomic mass is 79.9. The lowest BCUT2D eigenvalue weighted by Crippen LogP contribution is -2.44. The Bertz CT molecular complexity index is 452. The van der Waals surface area contributed by atoms with Gasteiger partial charge in [-0.05, 0) is 87.3 Å².